The summed E-state index contributed by atoms with van der Waals surface area (Å²) >= 11 is 0. The Bertz CT molecular complexity index is 986. The minimum atomic E-state index is -0.886. The monoisotopic (exact) mass is 379 g/mol. The van der Waals surface area contributed by atoms with Crippen LogP contribution in [0.3, 0.4) is 0 Å². The topological polar surface area (TPSA) is 68.5 Å². The lowest BCUT2D eigenvalue weighted by Gasteiger charge is -2.10. The van der Waals surface area contributed by atoms with Crippen molar-refractivity contribution < 1.29 is 19.4 Å². The number of fused-ring (bicyclic) bond motifs is 1. The molecule has 1 heterocycles. The van der Waals surface area contributed by atoms with Gasteiger partial charge in [-0.3, -0.25) is 14.2 Å². The van der Waals surface area contributed by atoms with Crippen LogP contribution < -0.4 is 4.74 Å². The Labute approximate surface area is 164 Å². The second-order valence-electron chi connectivity index (χ2n) is 6.78. The van der Waals surface area contributed by atoms with Crippen molar-refractivity contribution in [2.75, 3.05) is 6.61 Å². The molecular formula is C23H25NO4. The lowest BCUT2D eigenvalue weighted by molar-refractivity contribution is -0.136. The van der Waals surface area contributed by atoms with Gasteiger partial charge in [0, 0.05) is 16.6 Å². The molecule has 5 nitrogen and oxygen atoms in total. The second-order valence-corrected chi connectivity index (χ2v) is 6.78. The maximum atomic E-state index is 13.2. The van der Waals surface area contributed by atoms with Crippen molar-refractivity contribution in [2.24, 2.45) is 0 Å². The van der Waals surface area contributed by atoms with Gasteiger partial charge in [-0.25, -0.2) is 0 Å². The van der Waals surface area contributed by atoms with Gasteiger partial charge in [0.2, 0.25) is 0 Å². The number of hydrogen-bond donors (Lipinski definition) is 1. The quantitative estimate of drug-likeness (QED) is 0.576. The molecule has 0 saturated heterocycles. The molecule has 0 amide bonds. The number of carboxylic acids is 1. The number of rotatable bonds is 8. The maximum Gasteiger partial charge on any atom is 0.307 e. The number of nitrogens with zero attached hydrogens (tertiary/aromatic N) is 1. The highest BCUT2D eigenvalue weighted by Crippen LogP contribution is 2.26. The van der Waals surface area contributed by atoms with E-state index in [9.17, 15) is 9.59 Å². The zero-order chi connectivity index (χ0) is 20.1. The number of carbonyl (C=O) groups is 2. The molecule has 28 heavy (non-hydrogen) atoms. The van der Waals surface area contributed by atoms with Crippen LogP contribution in [-0.2, 0) is 17.6 Å². The molecule has 146 valence electrons. The zero-order valence-corrected chi connectivity index (χ0v) is 16.3. The number of carbonyl (C=O) groups excluding carboxylic acids is 1. The molecule has 0 fully saturated rings. The third-order valence-electron chi connectivity index (χ3n) is 4.79. The van der Waals surface area contributed by atoms with E-state index < -0.39 is 5.97 Å². The Morgan fingerprint density at radius 2 is 1.82 bits per heavy atom. The molecule has 0 bridgehead atoms. The highest BCUT2D eigenvalue weighted by Gasteiger charge is 2.18. The molecule has 1 N–H and O–H groups in total. The smallest absolute Gasteiger partial charge is 0.307 e. The van der Waals surface area contributed by atoms with Crippen molar-refractivity contribution in [3.05, 3.63) is 65.4 Å². The SMILES string of the molecule is CCCCOc1ccc(C(=O)n2c(CC)cc3c(CC(=O)O)cccc32)cc1. The van der Waals surface area contributed by atoms with Gasteiger partial charge >= 0.3 is 5.97 Å². The summed E-state index contributed by atoms with van der Waals surface area (Å²) < 4.78 is 7.35. The largest absolute Gasteiger partial charge is 0.494 e. The molecule has 1 aromatic heterocycles. The summed E-state index contributed by atoms with van der Waals surface area (Å²) in [7, 11) is 0. The van der Waals surface area contributed by atoms with E-state index in [2.05, 4.69) is 6.92 Å². The van der Waals surface area contributed by atoms with Gasteiger partial charge in [0.05, 0.1) is 18.5 Å². The van der Waals surface area contributed by atoms with E-state index in [1.807, 2.05) is 31.2 Å². The standard InChI is InChI=1S/C23H25NO4/c1-3-5-13-28-19-11-9-16(10-12-19)23(27)24-18(4-2)15-20-17(14-22(25)26)7-6-8-21(20)24/h6-12,15H,3-5,13-14H2,1-2H3,(H,25,26). The second kappa shape index (κ2) is 8.74. The molecule has 0 saturated carbocycles. The van der Waals surface area contributed by atoms with Crippen LogP contribution in [0.2, 0.25) is 0 Å². The van der Waals surface area contributed by atoms with Gasteiger partial charge in [-0.2, -0.15) is 0 Å². The molecule has 0 radical (unpaired) electrons. The minimum absolute atomic E-state index is 0.0670. The van der Waals surface area contributed by atoms with Crippen molar-refractivity contribution in [1.82, 2.24) is 4.57 Å². The number of ether oxygens (including phenoxy) is 1. The van der Waals surface area contributed by atoms with E-state index in [0.717, 1.165) is 35.2 Å². The van der Waals surface area contributed by atoms with Gasteiger partial charge in [-0.15, -0.1) is 0 Å². The summed E-state index contributed by atoms with van der Waals surface area (Å²) in [5, 5.41) is 9.98. The van der Waals surface area contributed by atoms with Crippen LogP contribution in [0.1, 0.15) is 48.3 Å². The lowest BCUT2D eigenvalue weighted by atomic mass is 10.1. The molecule has 0 atom stereocenters. The summed E-state index contributed by atoms with van der Waals surface area (Å²) in [6.07, 6.45) is 2.67. The van der Waals surface area contributed by atoms with Crippen molar-refractivity contribution in [1.29, 1.82) is 0 Å². The summed E-state index contributed by atoms with van der Waals surface area (Å²) in [6, 6.07) is 14.6. The van der Waals surface area contributed by atoms with Crippen molar-refractivity contribution >= 4 is 22.8 Å². The Hall–Kier alpha value is -3.08. The van der Waals surface area contributed by atoms with Gasteiger partial charge in [-0.1, -0.05) is 32.4 Å². The average Bonchev–Trinajstić information content (AvgIpc) is 3.07. The first-order chi connectivity index (χ1) is 13.5. The molecule has 0 spiro atoms. The van der Waals surface area contributed by atoms with Gasteiger partial charge in [0.15, 0.2) is 0 Å². The molecule has 3 rings (SSSR count). The maximum absolute atomic E-state index is 13.2. The predicted molar refractivity (Wildman–Crippen MR) is 109 cm³/mol. The number of aliphatic carboxylic acids is 1. The molecule has 2 aromatic carbocycles. The van der Waals surface area contributed by atoms with Crippen molar-refractivity contribution in [3.63, 3.8) is 0 Å². The molecule has 3 aromatic rings. The van der Waals surface area contributed by atoms with Gasteiger partial charge in [0.25, 0.3) is 5.91 Å². The average molecular weight is 379 g/mol. The van der Waals surface area contributed by atoms with Crippen molar-refractivity contribution in [2.45, 2.75) is 39.5 Å². The third kappa shape index (κ3) is 4.09. The molecule has 0 aliphatic carbocycles. The lowest BCUT2D eigenvalue weighted by Crippen LogP contribution is -2.14. The molecule has 5 heteroatoms. The van der Waals surface area contributed by atoms with Crippen LogP contribution in [0.4, 0.5) is 0 Å². The number of carboxylic acid groups (broad SMARTS) is 1. The number of hydrogen-bond acceptors (Lipinski definition) is 3. The van der Waals surface area contributed by atoms with Crippen LogP contribution >= 0.6 is 0 Å². The normalized spacial score (nSPS) is 10.9. The van der Waals surface area contributed by atoms with Crippen LogP contribution in [-0.4, -0.2) is 28.2 Å². The first-order valence-electron chi connectivity index (χ1n) is 9.66. The Morgan fingerprint density at radius 3 is 2.46 bits per heavy atom. The highest BCUT2D eigenvalue weighted by atomic mass is 16.5. The Morgan fingerprint density at radius 1 is 1.07 bits per heavy atom. The van der Waals surface area contributed by atoms with Crippen molar-refractivity contribution in [3.8, 4) is 5.75 Å². The van der Waals surface area contributed by atoms with E-state index in [0.29, 0.717) is 24.2 Å². The summed E-state index contributed by atoms with van der Waals surface area (Å²) in [5.41, 5.74) is 2.88. The summed E-state index contributed by atoms with van der Waals surface area (Å²) in [6.45, 7) is 4.76. The van der Waals surface area contributed by atoms with Gasteiger partial charge in [0.1, 0.15) is 5.75 Å². The number of aryl methyl sites for hydroxylation is 1. The number of aromatic nitrogens is 1. The number of benzene rings is 2. The fraction of sp³-hybridized carbons (Fsp3) is 0.304. The predicted octanol–water partition coefficient (Wildman–Crippen LogP) is 4.70. The highest BCUT2D eigenvalue weighted by molar-refractivity contribution is 6.04. The van der Waals surface area contributed by atoms with Crippen LogP contribution in [0, 0.1) is 0 Å². The molecule has 0 aliphatic heterocycles. The first kappa shape index (κ1) is 19.7. The van der Waals surface area contributed by atoms with Crippen LogP contribution in [0.15, 0.2) is 48.5 Å². The Kier molecular flexibility index (Phi) is 6.14. The summed E-state index contributed by atoms with van der Waals surface area (Å²) in [5.74, 6) is -0.260. The fourth-order valence-electron chi connectivity index (χ4n) is 3.32. The molecular weight excluding hydrogens is 354 g/mol. The van der Waals surface area contributed by atoms with Gasteiger partial charge < -0.3 is 9.84 Å². The minimum Gasteiger partial charge on any atom is -0.494 e. The van der Waals surface area contributed by atoms with Gasteiger partial charge in [-0.05, 0) is 54.8 Å². The molecule has 0 unspecified atom stereocenters. The van der Waals surface area contributed by atoms with E-state index >= 15 is 0 Å². The van der Waals surface area contributed by atoms with E-state index in [4.69, 9.17) is 9.84 Å². The van der Waals surface area contributed by atoms with E-state index in [1.54, 1.807) is 28.8 Å². The zero-order valence-electron chi connectivity index (χ0n) is 16.3. The molecule has 0 aliphatic rings. The first-order valence-corrected chi connectivity index (χ1v) is 9.66. The third-order valence-corrected chi connectivity index (χ3v) is 4.79. The van der Waals surface area contributed by atoms with E-state index in [1.165, 1.54) is 0 Å². The fourth-order valence-corrected chi connectivity index (χ4v) is 3.32. The van der Waals surface area contributed by atoms with Crippen LogP contribution in [0.25, 0.3) is 10.9 Å². The van der Waals surface area contributed by atoms with E-state index in [-0.39, 0.29) is 12.3 Å². The Balaban J connectivity index is 1.96. The summed E-state index contributed by atoms with van der Waals surface area (Å²) in [4.78, 5) is 24.4. The van der Waals surface area contributed by atoms with Crippen LogP contribution in [0.5, 0.6) is 5.75 Å². The number of unbranched alkanes of at least 4 members (excludes halogenated alkanes) is 1.